The summed E-state index contributed by atoms with van der Waals surface area (Å²) >= 11 is 0. The zero-order valence-electron chi connectivity index (χ0n) is 12.5. The van der Waals surface area contributed by atoms with Crippen LogP contribution in [0.5, 0.6) is 5.75 Å². The van der Waals surface area contributed by atoms with Crippen molar-refractivity contribution in [1.82, 2.24) is 10.3 Å². The van der Waals surface area contributed by atoms with E-state index in [0.29, 0.717) is 0 Å². The third-order valence-electron chi connectivity index (χ3n) is 4.17. The number of hydrogen-bond donors (Lipinski definition) is 1. The van der Waals surface area contributed by atoms with Crippen LogP contribution in [0.2, 0.25) is 0 Å². The highest BCUT2D eigenvalue weighted by atomic mass is 16.5. The van der Waals surface area contributed by atoms with E-state index >= 15 is 0 Å². The second-order valence-corrected chi connectivity index (χ2v) is 5.68. The molecule has 4 rings (SSSR count). The van der Waals surface area contributed by atoms with Crippen molar-refractivity contribution in [3.8, 4) is 5.75 Å². The molecule has 1 N–H and O–H groups in total. The van der Waals surface area contributed by atoms with E-state index in [0.717, 1.165) is 35.5 Å². The lowest BCUT2D eigenvalue weighted by atomic mass is 9.99. The number of aromatic nitrogens is 1. The zero-order valence-corrected chi connectivity index (χ0v) is 12.5. The first-order chi connectivity index (χ1) is 10.8. The third kappa shape index (κ3) is 2.35. The summed E-state index contributed by atoms with van der Waals surface area (Å²) in [5, 5.41) is 4.70. The van der Waals surface area contributed by atoms with Crippen molar-refractivity contribution in [2.24, 2.45) is 0 Å². The number of fused-ring (bicyclic) bond motifs is 2. The Labute approximate surface area is 129 Å². The smallest absolute Gasteiger partial charge is 0.137 e. The van der Waals surface area contributed by atoms with Gasteiger partial charge in [0.15, 0.2) is 0 Å². The van der Waals surface area contributed by atoms with Gasteiger partial charge >= 0.3 is 0 Å². The highest BCUT2D eigenvalue weighted by Gasteiger charge is 2.23. The molecule has 0 radical (unpaired) electrons. The van der Waals surface area contributed by atoms with Crippen LogP contribution in [0, 0.1) is 0 Å². The Kier molecular flexibility index (Phi) is 3.31. The van der Waals surface area contributed by atoms with Crippen LogP contribution < -0.4 is 10.1 Å². The highest BCUT2D eigenvalue weighted by Crippen LogP contribution is 2.34. The molecule has 4 heteroatoms. The maximum Gasteiger partial charge on any atom is 0.137 e. The largest absolute Gasteiger partial charge is 0.493 e. The number of benzene rings is 1. The Morgan fingerprint density at radius 3 is 3.09 bits per heavy atom. The van der Waals surface area contributed by atoms with Gasteiger partial charge in [0.2, 0.25) is 0 Å². The van der Waals surface area contributed by atoms with Crippen LogP contribution in [0.3, 0.4) is 0 Å². The molecule has 0 fully saturated rings. The molecule has 0 bridgehead atoms. The maximum atomic E-state index is 5.93. The summed E-state index contributed by atoms with van der Waals surface area (Å²) in [6, 6.07) is 12.6. The minimum Gasteiger partial charge on any atom is -0.493 e. The van der Waals surface area contributed by atoms with Crippen molar-refractivity contribution in [2.75, 3.05) is 6.61 Å². The van der Waals surface area contributed by atoms with Crippen molar-refractivity contribution in [3.05, 3.63) is 60.1 Å². The molecular weight excluding hydrogens is 276 g/mol. The molecule has 0 spiro atoms. The van der Waals surface area contributed by atoms with Gasteiger partial charge in [-0.2, -0.15) is 0 Å². The molecule has 1 aromatic carbocycles. The number of ether oxygens (including phenoxy) is 1. The van der Waals surface area contributed by atoms with Gasteiger partial charge in [0.25, 0.3) is 0 Å². The first-order valence-corrected chi connectivity index (χ1v) is 7.62. The maximum absolute atomic E-state index is 5.93. The van der Waals surface area contributed by atoms with Gasteiger partial charge in [-0.3, -0.25) is 4.98 Å². The van der Waals surface area contributed by atoms with Gasteiger partial charge < -0.3 is 14.5 Å². The van der Waals surface area contributed by atoms with Crippen molar-refractivity contribution >= 4 is 11.0 Å². The molecule has 112 valence electrons. The van der Waals surface area contributed by atoms with Crippen molar-refractivity contribution in [1.29, 1.82) is 0 Å². The van der Waals surface area contributed by atoms with E-state index in [1.807, 2.05) is 24.4 Å². The Hall–Kier alpha value is -2.33. The number of para-hydroxylation sites is 1. The quantitative estimate of drug-likeness (QED) is 0.793. The number of rotatable bonds is 3. The van der Waals surface area contributed by atoms with Crippen LogP contribution in [0.4, 0.5) is 0 Å². The van der Waals surface area contributed by atoms with E-state index in [4.69, 9.17) is 9.15 Å². The summed E-state index contributed by atoms with van der Waals surface area (Å²) < 4.78 is 11.6. The lowest BCUT2D eigenvalue weighted by molar-refractivity contribution is 0.242. The van der Waals surface area contributed by atoms with Gasteiger partial charge in [-0.1, -0.05) is 18.2 Å². The van der Waals surface area contributed by atoms with E-state index in [1.54, 1.807) is 6.20 Å². The van der Waals surface area contributed by atoms with Gasteiger partial charge in [-0.25, -0.2) is 0 Å². The molecule has 0 saturated heterocycles. The van der Waals surface area contributed by atoms with Crippen molar-refractivity contribution < 1.29 is 9.15 Å². The number of furan rings is 1. The van der Waals surface area contributed by atoms with Crippen LogP contribution in [-0.4, -0.2) is 11.6 Å². The van der Waals surface area contributed by atoms with Gasteiger partial charge in [0.05, 0.1) is 12.6 Å². The molecule has 0 aliphatic carbocycles. The van der Waals surface area contributed by atoms with Crippen LogP contribution in [-0.2, 0) is 0 Å². The molecule has 4 nitrogen and oxygen atoms in total. The Morgan fingerprint density at radius 2 is 2.18 bits per heavy atom. The molecule has 22 heavy (non-hydrogen) atoms. The topological polar surface area (TPSA) is 47.3 Å². The van der Waals surface area contributed by atoms with E-state index in [2.05, 4.69) is 35.4 Å². The molecule has 0 amide bonds. The summed E-state index contributed by atoms with van der Waals surface area (Å²) in [6.45, 7) is 2.87. The van der Waals surface area contributed by atoms with Crippen LogP contribution in [0.1, 0.15) is 36.8 Å². The summed E-state index contributed by atoms with van der Waals surface area (Å²) in [4.78, 5) is 4.13. The predicted molar refractivity (Wildman–Crippen MR) is 84.9 cm³/mol. The van der Waals surface area contributed by atoms with Crippen LogP contribution >= 0.6 is 0 Å². The molecule has 1 aliphatic rings. The summed E-state index contributed by atoms with van der Waals surface area (Å²) in [5.74, 6) is 1.92. The monoisotopic (exact) mass is 294 g/mol. The lowest BCUT2D eigenvalue weighted by Crippen LogP contribution is -2.29. The SMILES string of the molecule is CC(NC1CCOc2ccccc21)c1cc2cnccc2o1. The fraction of sp³-hybridized carbons (Fsp3) is 0.278. The lowest BCUT2D eigenvalue weighted by Gasteiger charge is -2.28. The summed E-state index contributed by atoms with van der Waals surface area (Å²) in [6.07, 6.45) is 4.55. The number of pyridine rings is 1. The van der Waals surface area contributed by atoms with Crippen LogP contribution in [0.15, 0.2) is 53.2 Å². The van der Waals surface area contributed by atoms with Gasteiger partial charge in [-0.05, 0) is 25.1 Å². The minimum atomic E-state index is 0.128. The fourth-order valence-corrected chi connectivity index (χ4v) is 3.02. The average molecular weight is 294 g/mol. The third-order valence-corrected chi connectivity index (χ3v) is 4.17. The molecule has 3 aromatic rings. The Bertz CT molecular complexity index is 763. The van der Waals surface area contributed by atoms with E-state index in [-0.39, 0.29) is 12.1 Å². The van der Waals surface area contributed by atoms with Crippen molar-refractivity contribution in [3.63, 3.8) is 0 Å². The number of nitrogens with zero attached hydrogens (tertiary/aromatic N) is 1. The number of hydrogen-bond acceptors (Lipinski definition) is 4. The van der Waals surface area contributed by atoms with E-state index in [1.165, 1.54) is 5.56 Å². The molecule has 2 aromatic heterocycles. The molecule has 0 saturated carbocycles. The second kappa shape index (κ2) is 5.46. The predicted octanol–water partition coefficient (Wildman–Crippen LogP) is 4.00. The van der Waals surface area contributed by atoms with E-state index < -0.39 is 0 Å². The summed E-state index contributed by atoms with van der Waals surface area (Å²) in [7, 11) is 0. The fourth-order valence-electron chi connectivity index (χ4n) is 3.02. The zero-order chi connectivity index (χ0) is 14.9. The Morgan fingerprint density at radius 1 is 1.27 bits per heavy atom. The average Bonchev–Trinajstić information content (AvgIpc) is 2.99. The molecule has 1 aliphatic heterocycles. The standard InChI is InChI=1S/C18H18N2O2/c1-12(18-10-13-11-19-8-6-16(13)22-18)20-15-7-9-21-17-5-3-2-4-14(15)17/h2-6,8,10-12,15,20H,7,9H2,1H3. The van der Waals surface area contributed by atoms with Crippen molar-refractivity contribution in [2.45, 2.75) is 25.4 Å². The van der Waals surface area contributed by atoms with Crippen LogP contribution in [0.25, 0.3) is 11.0 Å². The van der Waals surface area contributed by atoms with E-state index in [9.17, 15) is 0 Å². The highest BCUT2D eigenvalue weighted by molar-refractivity contribution is 5.76. The molecular formula is C18H18N2O2. The Balaban J connectivity index is 1.58. The summed E-state index contributed by atoms with van der Waals surface area (Å²) in [5.41, 5.74) is 2.10. The van der Waals surface area contributed by atoms with Gasteiger partial charge in [-0.15, -0.1) is 0 Å². The van der Waals surface area contributed by atoms with Gasteiger partial charge in [0, 0.05) is 35.8 Å². The minimum absolute atomic E-state index is 0.128. The molecule has 2 unspecified atom stereocenters. The number of nitrogens with one attached hydrogen (secondary N) is 1. The van der Waals surface area contributed by atoms with Gasteiger partial charge in [0.1, 0.15) is 17.1 Å². The first kappa shape index (κ1) is 13.3. The second-order valence-electron chi connectivity index (χ2n) is 5.68. The molecule has 3 heterocycles. The molecule has 2 atom stereocenters. The normalized spacial score (nSPS) is 18.7. The first-order valence-electron chi connectivity index (χ1n) is 7.62.